The van der Waals surface area contributed by atoms with E-state index in [1.54, 1.807) is 17.5 Å². The molecule has 0 aliphatic heterocycles. The quantitative estimate of drug-likeness (QED) is 0.412. The van der Waals surface area contributed by atoms with E-state index in [0.717, 1.165) is 37.4 Å². The van der Waals surface area contributed by atoms with Gasteiger partial charge in [-0.2, -0.15) is 5.10 Å². The monoisotopic (exact) mass is 426 g/mol. The van der Waals surface area contributed by atoms with Gasteiger partial charge in [0.05, 0.1) is 18.0 Å². The lowest BCUT2D eigenvalue weighted by Gasteiger charge is -2.06. The van der Waals surface area contributed by atoms with Gasteiger partial charge in [-0.05, 0) is 32.0 Å². The Hall–Kier alpha value is -2.31. The highest BCUT2D eigenvalue weighted by Crippen LogP contribution is 2.24. The maximum atomic E-state index is 4.84. The molecule has 26 heavy (non-hydrogen) atoms. The fourth-order valence-corrected chi connectivity index (χ4v) is 3.57. The molecule has 0 spiro atoms. The summed E-state index contributed by atoms with van der Waals surface area (Å²) in [5, 5.41) is 6.92. The molecule has 0 saturated carbocycles. The van der Waals surface area contributed by atoms with E-state index in [4.69, 9.17) is 5.10 Å². The van der Waals surface area contributed by atoms with Crippen molar-refractivity contribution in [1.29, 1.82) is 0 Å². The number of hydrogen-bond acceptors (Lipinski definition) is 4. The fraction of sp³-hybridized carbons (Fsp3) is 0.150. The Bertz CT molecular complexity index is 1020. The summed E-state index contributed by atoms with van der Waals surface area (Å²) in [5.74, 6) is 0. The maximum Gasteiger partial charge on any atom is 0.206 e. The van der Waals surface area contributed by atoms with Gasteiger partial charge in [0.25, 0.3) is 0 Å². The Morgan fingerprint density at radius 1 is 1.27 bits per heavy atom. The van der Waals surface area contributed by atoms with Gasteiger partial charge in [0.15, 0.2) is 0 Å². The highest BCUT2D eigenvalue weighted by Gasteiger charge is 2.09. The first kappa shape index (κ1) is 18.5. The molecule has 0 bridgehead atoms. The maximum absolute atomic E-state index is 4.84. The van der Waals surface area contributed by atoms with Crippen molar-refractivity contribution < 1.29 is 0 Å². The van der Waals surface area contributed by atoms with Crippen LogP contribution in [0.5, 0.6) is 0 Å². The molecule has 3 rings (SSSR count). The van der Waals surface area contributed by atoms with Gasteiger partial charge < -0.3 is 0 Å². The highest BCUT2D eigenvalue weighted by atomic mass is 79.9. The van der Waals surface area contributed by atoms with Crippen molar-refractivity contribution in [2.24, 2.45) is 10.1 Å². The summed E-state index contributed by atoms with van der Waals surface area (Å²) in [6.07, 6.45) is 3.57. The smallest absolute Gasteiger partial charge is 0.206 e. The molecule has 4 nitrogen and oxygen atoms in total. The second-order valence-electron chi connectivity index (χ2n) is 5.93. The number of nitrogens with zero attached hydrogens (tertiary/aromatic N) is 4. The van der Waals surface area contributed by atoms with Gasteiger partial charge in [-0.3, -0.25) is 9.98 Å². The third-order valence-electron chi connectivity index (χ3n) is 3.62. The molecule has 0 radical (unpaired) electrons. The zero-order valence-corrected chi connectivity index (χ0v) is 17.1. The molecular formula is C20H19BrN4S. The van der Waals surface area contributed by atoms with E-state index in [2.05, 4.69) is 50.0 Å². The molecule has 2 aromatic heterocycles. The number of pyridine rings is 1. The van der Waals surface area contributed by atoms with Crippen LogP contribution in [0.15, 0.2) is 80.9 Å². The van der Waals surface area contributed by atoms with Crippen molar-refractivity contribution >= 4 is 33.0 Å². The first-order valence-corrected chi connectivity index (χ1v) is 9.79. The Morgan fingerprint density at radius 2 is 2.12 bits per heavy atom. The van der Waals surface area contributed by atoms with Crippen LogP contribution in [0.3, 0.4) is 0 Å². The molecule has 0 unspecified atom stereocenters. The SMILES string of the molecule is C=C(C)CN=c1scc(-c2cccc(Br)c2)n1N=C(C)c1cccnc1. The van der Waals surface area contributed by atoms with E-state index >= 15 is 0 Å². The van der Waals surface area contributed by atoms with Crippen LogP contribution in [0, 0.1) is 0 Å². The van der Waals surface area contributed by atoms with Crippen molar-refractivity contribution in [2.45, 2.75) is 13.8 Å². The summed E-state index contributed by atoms with van der Waals surface area (Å²) >= 11 is 5.12. The minimum absolute atomic E-state index is 0.583. The van der Waals surface area contributed by atoms with Crippen LogP contribution < -0.4 is 4.80 Å². The van der Waals surface area contributed by atoms with Gasteiger partial charge >= 0.3 is 0 Å². The summed E-state index contributed by atoms with van der Waals surface area (Å²) in [4.78, 5) is 9.69. The Kier molecular flexibility index (Phi) is 5.96. The van der Waals surface area contributed by atoms with Crippen LogP contribution in [-0.4, -0.2) is 21.9 Å². The molecule has 132 valence electrons. The Morgan fingerprint density at radius 3 is 2.81 bits per heavy atom. The number of thiazole rings is 1. The van der Waals surface area contributed by atoms with Gasteiger partial charge in [0.2, 0.25) is 4.80 Å². The molecule has 0 atom stereocenters. The molecule has 0 fully saturated rings. The van der Waals surface area contributed by atoms with Crippen molar-refractivity contribution in [1.82, 2.24) is 9.66 Å². The zero-order chi connectivity index (χ0) is 18.5. The number of aromatic nitrogens is 2. The predicted octanol–water partition coefficient (Wildman–Crippen LogP) is 5.12. The molecule has 0 aliphatic carbocycles. The van der Waals surface area contributed by atoms with Crippen molar-refractivity contribution in [3.05, 3.63) is 81.2 Å². The first-order valence-electron chi connectivity index (χ1n) is 8.12. The molecule has 0 amide bonds. The van der Waals surface area contributed by atoms with Gasteiger partial charge in [0, 0.05) is 33.4 Å². The molecular weight excluding hydrogens is 408 g/mol. The molecule has 6 heteroatoms. The van der Waals surface area contributed by atoms with E-state index < -0.39 is 0 Å². The number of rotatable bonds is 5. The first-order chi connectivity index (χ1) is 12.5. The van der Waals surface area contributed by atoms with Crippen LogP contribution in [0.1, 0.15) is 19.4 Å². The third kappa shape index (κ3) is 4.45. The summed E-state index contributed by atoms with van der Waals surface area (Å²) in [6.45, 7) is 8.47. The normalized spacial score (nSPS) is 12.4. The highest BCUT2D eigenvalue weighted by molar-refractivity contribution is 9.10. The second-order valence-corrected chi connectivity index (χ2v) is 7.68. The van der Waals surface area contributed by atoms with Gasteiger partial charge in [0.1, 0.15) is 0 Å². The van der Waals surface area contributed by atoms with Crippen LogP contribution in [0.4, 0.5) is 0 Å². The largest absolute Gasteiger partial charge is 0.264 e. The Balaban J connectivity index is 2.15. The van der Waals surface area contributed by atoms with Gasteiger partial charge in [-0.1, -0.05) is 46.3 Å². The number of benzene rings is 1. The van der Waals surface area contributed by atoms with Gasteiger partial charge in [-0.15, -0.1) is 11.3 Å². The zero-order valence-electron chi connectivity index (χ0n) is 14.7. The number of halogens is 1. The average Bonchev–Trinajstić information content (AvgIpc) is 3.03. The lowest BCUT2D eigenvalue weighted by atomic mass is 10.2. The van der Waals surface area contributed by atoms with E-state index in [9.17, 15) is 0 Å². The van der Waals surface area contributed by atoms with Crippen LogP contribution >= 0.6 is 27.3 Å². The van der Waals surface area contributed by atoms with Crippen molar-refractivity contribution in [3.63, 3.8) is 0 Å². The van der Waals surface area contributed by atoms with Crippen molar-refractivity contribution in [3.8, 4) is 11.3 Å². The summed E-state index contributed by atoms with van der Waals surface area (Å²) in [5.41, 5.74) is 4.96. The topological polar surface area (TPSA) is 42.5 Å². The minimum Gasteiger partial charge on any atom is -0.264 e. The van der Waals surface area contributed by atoms with Crippen LogP contribution in [0.25, 0.3) is 11.3 Å². The average molecular weight is 427 g/mol. The summed E-state index contributed by atoms with van der Waals surface area (Å²) in [6, 6.07) is 12.1. The van der Waals surface area contributed by atoms with Crippen molar-refractivity contribution in [2.75, 3.05) is 6.54 Å². The standard InChI is InChI=1S/C20H19BrN4S/c1-14(2)11-23-20-25(24-15(3)17-7-5-9-22-12-17)19(13-26-20)16-6-4-8-18(21)10-16/h4-10,12-13H,1,11H2,2-3H3. The lowest BCUT2D eigenvalue weighted by molar-refractivity contribution is 0.830. The molecule has 3 aromatic rings. The summed E-state index contributed by atoms with van der Waals surface area (Å²) in [7, 11) is 0. The predicted molar refractivity (Wildman–Crippen MR) is 113 cm³/mol. The van der Waals surface area contributed by atoms with Crippen LogP contribution in [0.2, 0.25) is 0 Å². The van der Waals surface area contributed by atoms with E-state index in [1.807, 2.05) is 49.0 Å². The Labute approximate surface area is 165 Å². The van der Waals surface area contributed by atoms with E-state index in [1.165, 1.54) is 0 Å². The molecule has 0 aliphatic rings. The molecule has 0 N–H and O–H groups in total. The molecule has 1 aromatic carbocycles. The number of hydrogen-bond donors (Lipinski definition) is 0. The summed E-state index contributed by atoms with van der Waals surface area (Å²) < 4.78 is 2.93. The lowest BCUT2D eigenvalue weighted by Crippen LogP contribution is -2.15. The third-order valence-corrected chi connectivity index (χ3v) is 4.97. The second kappa shape index (κ2) is 8.38. The fourth-order valence-electron chi connectivity index (χ4n) is 2.34. The minimum atomic E-state index is 0.583. The van der Waals surface area contributed by atoms with Gasteiger partial charge in [-0.25, -0.2) is 4.68 Å². The molecule has 0 saturated heterocycles. The van der Waals surface area contributed by atoms with E-state index in [0.29, 0.717) is 6.54 Å². The van der Waals surface area contributed by atoms with E-state index in [-0.39, 0.29) is 0 Å². The van der Waals surface area contributed by atoms with Crippen LogP contribution in [-0.2, 0) is 0 Å². The molecule has 2 heterocycles.